The standard InChI is InChI=1S/C26H32BrN7O5/c1-15-12-17(16-9-11-29-13-18(16)32-20(35)26(28)10-8-19(27)30-14-26)33-21(31-15)34(22(36)38-24(2,3)4)23(37)39-25(5,6)7/h8-13H,14,28H2,1-7H3,(H,32,35). The number of aromatic nitrogens is 3. The fraction of sp³-hybridized carbons (Fsp3) is 0.423. The normalized spacial score (nSPS) is 17.2. The topological polar surface area (TPSA) is 162 Å². The second-order valence-corrected chi connectivity index (χ2v) is 11.7. The average molecular weight is 602 g/mol. The highest BCUT2D eigenvalue weighted by Gasteiger charge is 2.36. The Morgan fingerprint density at radius 2 is 1.69 bits per heavy atom. The van der Waals surface area contributed by atoms with Gasteiger partial charge in [0.05, 0.1) is 28.7 Å². The van der Waals surface area contributed by atoms with Gasteiger partial charge in [0, 0.05) is 17.5 Å². The summed E-state index contributed by atoms with van der Waals surface area (Å²) in [5.74, 6) is -0.765. The lowest BCUT2D eigenvalue weighted by atomic mass is 9.97. The number of nitrogens with one attached hydrogen (secondary N) is 1. The van der Waals surface area contributed by atoms with E-state index in [1.165, 1.54) is 12.4 Å². The molecular formula is C26H32BrN7O5. The van der Waals surface area contributed by atoms with Gasteiger partial charge in [-0.05, 0) is 82.6 Å². The molecular weight excluding hydrogens is 570 g/mol. The molecule has 2 aromatic heterocycles. The first-order valence-corrected chi connectivity index (χ1v) is 12.8. The third kappa shape index (κ3) is 7.90. The minimum Gasteiger partial charge on any atom is -0.443 e. The molecule has 0 fully saturated rings. The number of aryl methyl sites for hydroxylation is 1. The number of carbonyl (C=O) groups is 3. The summed E-state index contributed by atoms with van der Waals surface area (Å²) in [4.78, 5) is 57.0. The van der Waals surface area contributed by atoms with Crippen molar-refractivity contribution in [2.24, 2.45) is 10.7 Å². The van der Waals surface area contributed by atoms with Gasteiger partial charge in [0.25, 0.3) is 0 Å². The van der Waals surface area contributed by atoms with E-state index < -0.39 is 34.8 Å². The van der Waals surface area contributed by atoms with Gasteiger partial charge in [-0.25, -0.2) is 19.6 Å². The Morgan fingerprint density at radius 1 is 1.08 bits per heavy atom. The Balaban J connectivity index is 2.03. The Labute approximate surface area is 235 Å². The summed E-state index contributed by atoms with van der Waals surface area (Å²) in [6.45, 7) is 11.7. The Kier molecular flexibility index (Phi) is 8.56. The van der Waals surface area contributed by atoms with Gasteiger partial charge in [-0.15, -0.1) is 4.90 Å². The van der Waals surface area contributed by atoms with Crippen LogP contribution in [0.5, 0.6) is 0 Å². The van der Waals surface area contributed by atoms with Crippen LogP contribution in [0.4, 0.5) is 21.2 Å². The van der Waals surface area contributed by atoms with Crippen LogP contribution in [0.3, 0.4) is 0 Å². The summed E-state index contributed by atoms with van der Waals surface area (Å²) in [6.07, 6.45) is 4.12. The molecule has 3 amide bonds. The van der Waals surface area contributed by atoms with Crippen LogP contribution < -0.4 is 16.0 Å². The van der Waals surface area contributed by atoms with E-state index in [9.17, 15) is 14.4 Å². The molecule has 0 aromatic carbocycles. The van der Waals surface area contributed by atoms with Crippen molar-refractivity contribution in [3.8, 4) is 11.3 Å². The van der Waals surface area contributed by atoms with Crippen LogP contribution in [0.25, 0.3) is 11.3 Å². The minimum absolute atomic E-state index is 0.0447. The first-order chi connectivity index (χ1) is 18.0. The lowest BCUT2D eigenvalue weighted by molar-refractivity contribution is -0.119. The zero-order valence-electron chi connectivity index (χ0n) is 22.9. The number of rotatable bonds is 4. The monoisotopic (exact) mass is 601 g/mol. The van der Waals surface area contributed by atoms with Crippen molar-refractivity contribution < 1.29 is 23.9 Å². The quantitative estimate of drug-likeness (QED) is 0.512. The van der Waals surface area contributed by atoms with Crippen LogP contribution in [0.1, 0.15) is 47.2 Å². The highest BCUT2D eigenvalue weighted by atomic mass is 79.9. The molecule has 3 heterocycles. The van der Waals surface area contributed by atoms with Crippen LogP contribution in [0.2, 0.25) is 0 Å². The summed E-state index contributed by atoms with van der Waals surface area (Å²) < 4.78 is 11.5. The van der Waals surface area contributed by atoms with E-state index in [0.717, 1.165) is 0 Å². The lowest BCUT2D eigenvalue weighted by Crippen LogP contribution is -2.53. The van der Waals surface area contributed by atoms with Gasteiger partial charge in [0.1, 0.15) is 16.7 Å². The maximum atomic E-state index is 13.1. The van der Waals surface area contributed by atoms with Crippen molar-refractivity contribution in [2.75, 3.05) is 16.8 Å². The number of nitrogens with zero attached hydrogens (tertiary/aromatic N) is 5. The van der Waals surface area contributed by atoms with Crippen molar-refractivity contribution in [1.82, 2.24) is 15.0 Å². The Morgan fingerprint density at radius 3 is 2.23 bits per heavy atom. The summed E-state index contributed by atoms with van der Waals surface area (Å²) >= 11 is 3.26. The number of amides is 3. The molecule has 3 N–H and O–H groups in total. The van der Waals surface area contributed by atoms with Crippen LogP contribution in [-0.4, -0.2) is 61.0 Å². The van der Waals surface area contributed by atoms with Gasteiger partial charge in [-0.1, -0.05) is 6.08 Å². The van der Waals surface area contributed by atoms with E-state index in [0.29, 0.717) is 32.2 Å². The van der Waals surface area contributed by atoms with Crippen LogP contribution in [0.15, 0.2) is 41.7 Å². The van der Waals surface area contributed by atoms with E-state index in [1.54, 1.807) is 72.8 Å². The average Bonchev–Trinajstić information content (AvgIpc) is 2.79. The van der Waals surface area contributed by atoms with Crippen LogP contribution in [-0.2, 0) is 14.3 Å². The molecule has 12 nitrogen and oxygen atoms in total. The SMILES string of the molecule is Cc1cc(-c2ccncc2NC(=O)C2(N)C=CC(Br)=NC2)nc(N(C(=O)OC(C)(C)C)C(=O)OC(C)(C)C)n1. The van der Waals surface area contributed by atoms with Crippen LogP contribution in [0, 0.1) is 6.92 Å². The Hall–Kier alpha value is -3.71. The lowest BCUT2D eigenvalue weighted by Gasteiger charge is -2.28. The first-order valence-electron chi connectivity index (χ1n) is 12.0. The molecule has 208 valence electrons. The van der Waals surface area contributed by atoms with Crippen molar-refractivity contribution in [3.63, 3.8) is 0 Å². The molecule has 0 aliphatic carbocycles. The number of pyridine rings is 1. The number of halogens is 1. The summed E-state index contributed by atoms with van der Waals surface area (Å²) in [7, 11) is 0. The molecule has 0 spiro atoms. The molecule has 1 aliphatic heterocycles. The fourth-order valence-electron chi connectivity index (χ4n) is 3.28. The predicted molar refractivity (Wildman–Crippen MR) is 151 cm³/mol. The third-order valence-electron chi connectivity index (χ3n) is 4.97. The molecule has 0 saturated carbocycles. The van der Waals surface area contributed by atoms with Gasteiger partial charge >= 0.3 is 12.2 Å². The highest BCUT2D eigenvalue weighted by molar-refractivity contribution is 9.18. The van der Waals surface area contributed by atoms with Crippen molar-refractivity contribution >= 4 is 50.3 Å². The van der Waals surface area contributed by atoms with E-state index in [4.69, 9.17) is 15.2 Å². The summed E-state index contributed by atoms with van der Waals surface area (Å²) in [6, 6.07) is 3.26. The molecule has 0 radical (unpaired) electrons. The maximum Gasteiger partial charge on any atom is 0.427 e. The molecule has 3 rings (SSSR count). The summed E-state index contributed by atoms with van der Waals surface area (Å²) in [5, 5.41) is 2.79. The number of carbonyl (C=O) groups excluding carboxylic acids is 3. The van der Waals surface area contributed by atoms with Gasteiger partial charge in [-0.2, -0.15) is 0 Å². The molecule has 1 aliphatic rings. The smallest absolute Gasteiger partial charge is 0.427 e. The number of imide groups is 1. The second-order valence-electron chi connectivity index (χ2n) is 10.9. The first kappa shape index (κ1) is 29.8. The largest absolute Gasteiger partial charge is 0.443 e. The van der Waals surface area contributed by atoms with E-state index in [1.807, 2.05) is 0 Å². The van der Waals surface area contributed by atoms with Gasteiger partial charge < -0.3 is 20.5 Å². The van der Waals surface area contributed by atoms with Gasteiger partial charge in [0.15, 0.2) is 0 Å². The number of allylic oxidation sites excluding steroid dienone is 1. The molecule has 2 aromatic rings. The number of dihydropyridines is 1. The Bertz CT molecular complexity index is 1320. The number of ether oxygens (including phenoxy) is 2. The van der Waals surface area contributed by atoms with Gasteiger partial charge in [0.2, 0.25) is 11.9 Å². The molecule has 1 atom stereocenters. The summed E-state index contributed by atoms with van der Waals surface area (Å²) in [5.41, 5.74) is 4.59. The predicted octanol–water partition coefficient (Wildman–Crippen LogP) is 4.52. The third-order valence-corrected chi connectivity index (χ3v) is 5.49. The van der Waals surface area contributed by atoms with E-state index in [-0.39, 0.29) is 12.5 Å². The fourth-order valence-corrected chi connectivity index (χ4v) is 3.53. The van der Waals surface area contributed by atoms with E-state index in [2.05, 4.69) is 41.2 Å². The molecule has 0 bridgehead atoms. The van der Waals surface area contributed by atoms with Crippen molar-refractivity contribution in [2.45, 2.75) is 65.2 Å². The second kappa shape index (κ2) is 11.2. The molecule has 13 heteroatoms. The van der Waals surface area contributed by atoms with Crippen molar-refractivity contribution in [1.29, 1.82) is 0 Å². The zero-order valence-corrected chi connectivity index (χ0v) is 24.5. The van der Waals surface area contributed by atoms with E-state index >= 15 is 0 Å². The number of hydrogen-bond acceptors (Lipinski definition) is 10. The highest BCUT2D eigenvalue weighted by Crippen LogP contribution is 2.29. The number of nitrogens with two attached hydrogens (primary N) is 1. The maximum absolute atomic E-state index is 13.1. The van der Waals surface area contributed by atoms with Crippen molar-refractivity contribution in [3.05, 3.63) is 42.4 Å². The molecule has 39 heavy (non-hydrogen) atoms. The number of anilines is 2. The molecule has 0 saturated heterocycles. The zero-order chi connectivity index (χ0) is 29.2. The van der Waals surface area contributed by atoms with Crippen LogP contribution >= 0.6 is 15.9 Å². The molecule has 1 unspecified atom stereocenters. The minimum atomic E-state index is -1.37. The number of aliphatic imine (C=N–C) groups is 1. The van der Waals surface area contributed by atoms with Gasteiger partial charge in [-0.3, -0.25) is 14.8 Å². The number of hydrogen-bond donors (Lipinski definition) is 2.